The summed E-state index contributed by atoms with van der Waals surface area (Å²) in [5, 5.41) is 6.20. The number of hydrogen-bond donors (Lipinski definition) is 1. The number of aryl methyl sites for hydroxylation is 1. The fourth-order valence-corrected chi connectivity index (χ4v) is 4.62. The third-order valence-electron chi connectivity index (χ3n) is 5.42. The predicted molar refractivity (Wildman–Crippen MR) is 105 cm³/mol. The van der Waals surface area contributed by atoms with E-state index in [9.17, 15) is 9.59 Å². The first-order valence-electron chi connectivity index (χ1n) is 9.74. The van der Waals surface area contributed by atoms with Gasteiger partial charge in [0.25, 0.3) is 5.91 Å². The van der Waals surface area contributed by atoms with Crippen LogP contribution >= 0.6 is 11.3 Å². The van der Waals surface area contributed by atoms with Crippen LogP contribution in [-0.2, 0) is 18.3 Å². The summed E-state index contributed by atoms with van der Waals surface area (Å²) >= 11 is 1.68. The minimum absolute atomic E-state index is 0.103. The maximum atomic E-state index is 12.8. The Morgan fingerprint density at radius 3 is 2.93 bits per heavy atom. The van der Waals surface area contributed by atoms with Crippen molar-refractivity contribution in [3.8, 4) is 0 Å². The molecule has 4 rings (SSSR count). The lowest BCUT2D eigenvalue weighted by molar-refractivity contribution is -0.122. The lowest BCUT2D eigenvalue weighted by Gasteiger charge is -2.32. The molecule has 1 aliphatic heterocycles. The van der Waals surface area contributed by atoms with Gasteiger partial charge in [0.1, 0.15) is 5.69 Å². The van der Waals surface area contributed by atoms with Crippen molar-refractivity contribution in [2.24, 2.45) is 13.0 Å². The van der Waals surface area contributed by atoms with E-state index in [1.807, 2.05) is 34.8 Å². The second-order valence-corrected chi connectivity index (χ2v) is 8.48. The largest absolute Gasteiger partial charge is 0.355 e. The van der Waals surface area contributed by atoms with Gasteiger partial charge in [0.05, 0.1) is 10.7 Å². The molecule has 2 amide bonds. The molecular weight excluding hydrogens is 360 g/mol. The van der Waals surface area contributed by atoms with E-state index in [4.69, 9.17) is 4.98 Å². The Morgan fingerprint density at radius 2 is 2.19 bits per heavy atom. The van der Waals surface area contributed by atoms with Gasteiger partial charge in [-0.2, -0.15) is 0 Å². The monoisotopic (exact) mass is 386 g/mol. The summed E-state index contributed by atoms with van der Waals surface area (Å²) < 4.78 is 1.88. The topological polar surface area (TPSA) is 67.2 Å². The molecule has 2 aromatic rings. The molecule has 1 atom stereocenters. The minimum atomic E-state index is 0.103. The summed E-state index contributed by atoms with van der Waals surface area (Å²) in [6.07, 6.45) is 6.82. The van der Waals surface area contributed by atoms with E-state index >= 15 is 0 Å². The smallest absolute Gasteiger partial charge is 0.270 e. The molecule has 144 valence electrons. The maximum Gasteiger partial charge on any atom is 0.270 e. The molecule has 0 aromatic carbocycles. The number of rotatable bonds is 6. The number of hydrogen-bond acceptors (Lipinski definition) is 4. The van der Waals surface area contributed by atoms with Gasteiger partial charge in [-0.15, -0.1) is 11.3 Å². The summed E-state index contributed by atoms with van der Waals surface area (Å²) in [5.74, 6) is 0.855. The van der Waals surface area contributed by atoms with E-state index in [1.165, 1.54) is 0 Å². The molecule has 3 heterocycles. The quantitative estimate of drug-likeness (QED) is 0.830. The number of aromatic nitrogens is 2. The zero-order chi connectivity index (χ0) is 18.8. The standard InChI is InChI=1S/C20H26N4O2S/c1-23-10-3-5-17(23)20(26)24-11-2-4-15(12-24)19-22-16(13-27-19)8-9-21-18(25)14-6-7-14/h3,5,10,13-15H,2,4,6-9,11-12H2,1H3,(H,21,25)/t15-/m0/s1. The Labute approximate surface area is 163 Å². The normalized spacial score (nSPS) is 19.9. The number of amides is 2. The lowest BCUT2D eigenvalue weighted by Crippen LogP contribution is -2.39. The third-order valence-corrected chi connectivity index (χ3v) is 6.47. The summed E-state index contributed by atoms with van der Waals surface area (Å²) in [5.41, 5.74) is 1.78. The summed E-state index contributed by atoms with van der Waals surface area (Å²) in [4.78, 5) is 31.2. The lowest BCUT2D eigenvalue weighted by atomic mass is 9.98. The van der Waals surface area contributed by atoms with Crippen molar-refractivity contribution in [3.05, 3.63) is 40.1 Å². The molecule has 0 bridgehead atoms. The van der Waals surface area contributed by atoms with E-state index in [0.717, 1.165) is 61.6 Å². The van der Waals surface area contributed by atoms with Gasteiger partial charge in [-0.05, 0) is 37.8 Å². The highest BCUT2D eigenvalue weighted by molar-refractivity contribution is 7.09. The number of nitrogens with zero attached hydrogens (tertiary/aromatic N) is 3. The van der Waals surface area contributed by atoms with Crippen LogP contribution in [-0.4, -0.2) is 45.9 Å². The highest BCUT2D eigenvalue weighted by atomic mass is 32.1. The van der Waals surface area contributed by atoms with Crippen molar-refractivity contribution in [1.82, 2.24) is 19.8 Å². The molecule has 1 N–H and O–H groups in total. The first kappa shape index (κ1) is 18.2. The molecule has 2 aliphatic rings. The third kappa shape index (κ3) is 4.24. The molecular formula is C20H26N4O2S. The van der Waals surface area contributed by atoms with Gasteiger partial charge in [0.15, 0.2) is 0 Å². The van der Waals surface area contributed by atoms with Crippen LogP contribution < -0.4 is 5.32 Å². The minimum Gasteiger partial charge on any atom is -0.355 e. The molecule has 6 nitrogen and oxygen atoms in total. The van der Waals surface area contributed by atoms with Gasteiger partial charge in [-0.25, -0.2) is 4.98 Å². The van der Waals surface area contributed by atoms with Crippen LogP contribution in [0.25, 0.3) is 0 Å². The summed E-state index contributed by atoms with van der Waals surface area (Å²) in [7, 11) is 1.91. The van der Waals surface area contributed by atoms with Crippen LogP contribution in [0.15, 0.2) is 23.7 Å². The predicted octanol–water partition coefficient (Wildman–Crippen LogP) is 2.57. The Kier molecular flexibility index (Phi) is 5.29. The Balaban J connectivity index is 1.33. The molecule has 1 aliphatic carbocycles. The molecule has 2 aromatic heterocycles. The average Bonchev–Trinajstić information content (AvgIpc) is 3.28. The van der Waals surface area contributed by atoms with Crippen molar-refractivity contribution >= 4 is 23.2 Å². The van der Waals surface area contributed by atoms with Gasteiger partial charge < -0.3 is 14.8 Å². The molecule has 0 unspecified atom stereocenters. The number of nitrogens with one attached hydrogen (secondary N) is 1. The van der Waals surface area contributed by atoms with Crippen LogP contribution in [0.4, 0.5) is 0 Å². The van der Waals surface area contributed by atoms with E-state index < -0.39 is 0 Å². The molecule has 0 radical (unpaired) electrons. The molecule has 27 heavy (non-hydrogen) atoms. The molecule has 1 saturated heterocycles. The van der Waals surface area contributed by atoms with E-state index in [2.05, 4.69) is 10.7 Å². The van der Waals surface area contributed by atoms with Crippen LogP contribution in [0.1, 0.15) is 52.8 Å². The van der Waals surface area contributed by atoms with Gasteiger partial charge in [0, 0.05) is 56.5 Å². The van der Waals surface area contributed by atoms with Gasteiger partial charge in [0.2, 0.25) is 5.91 Å². The van der Waals surface area contributed by atoms with Crippen LogP contribution in [0.3, 0.4) is 0 Å². The Morgan fingerprint density at radius 1 is 1.33 bits per heavy atom. The zero-order valence-corrected chi connectivity index (χ0v) is 16.5. The van der Waals surface area contributed by atoms with Crippen LogP contribution in [0.5, 0.6) is 0 Å². The number of piperidine rings is 1. The van der Waals surface area contributed by atoms with Gasteiger partial charge in [-0.3, -0.25) is 9.59 Å². The van der Waals surface area contributed by atoms with E-state index in [1.54, 1.807) is 11.3 Å². The van der Waals surface area contributed by atoms with Crippen molar-refractivity contribution < 1.29 is 9.59 Å². The van der Waals surface area contributed by atoms with Crippen molar-refractivity contribution in [2.45, 2.75) is 38.0 Å². The summed E-state index contributed by atoms with van der Waals surface area (Å²) in [6, 6.07) is 3.78. The Hall–Kier alpha value is -2.15. The fourth-order valence-electron chi connectivity index (χ4n) is 3.64. The van der Waals surface area contributed by atoms with Crippen molar-refractivity contribution in [1.29, 1.82) is 0 Å². The van der Waals surface area contributed by atoms with Crippen molar-refractivity contribution in [2.75, 3.05) is 19.6 Å². The van der Waals surface area contributed by atoms with Crippen LogP contribution in [0.2, 0.25) is 0 Å². The highest BCUT2D eigenvalue weighted by Crippen LogP contribution is 2.30. The molecule has 2 fully saturated rings. The number of thiazole rings is 1. The number of likely N-dealkylation sites (tertiary alicyclic amines) is 1. The Bertz CT molecular complexity index is 824. The molecule has 1 saturated carbocycles. The van der Waals surface area contributed by atoms with E-state index in [0.29, 0.717) is 12.5 Å². The second-order valence-electron chi connectivity index (χ2n) is 7.59. The fraction of sp³-hybridized carbons (Fsp3) is 0.550. The number of carbonyl (C=O) groups excluding carboxylic acids is 2. The van der Waals surface area contributed by atoms with E-state index in [-0.39, 0.29) is 17.7 Å². The van der Waals surface area contributed by atoms with Crippen molar-refractivity contribution in [3.63, 3.8) is 0 Å². The number of carbonyl (C=O) groups is 2. The SMILES string of the molecule is Cn1cccc1C(=O)N1CCC[C@H](c2nc(CCNC(=O)C3CC3)cs2)C1. The van der Waals surface area contributed by atoms with Gasteiger partial charge >= 0.3 is 0 Å². The second kappa shape index (κ2) is 7.84. The maximum absolute atomic E-state index is 12.8. The highest BCUT2D eigenvalue weighted by Gasteiger charge is 2.30. The first-order chi connectivity index (χ1) is 13.1. The molecule has 0 spiro atoms. The van der Waals surface area contributed by atoms with Gasteiger partial charge in [-0.1, -0.05) is 0 Å². The average molecular weight is 387 g/mol. The first-order valence-corrected chi connectivity index (χ1v) is 10.6. The molecule has 7 heteroatoms. The van der Waals surface area contributed by atoms with Crippen LogP contribution in [0, 0.1) is 5.92 Å². The summed E-state index contributed by atoms with van der Waals surface area (Å²) in [6.45, 7) is 2.20. The zero-order valence-electron chi connectivity index (χ0n) is 15.7.